The third-order valence-corrected chi connectivity index (χ3v) is 4.41. The number of hydrogen-bond donors (Lipinski definition) is 2. The Kier molecular flexibility index (Phi) is 1.63. The molecule has 3 N–H and O–H groups in total. The maximum absolute atomic E-state index is 6.43. The molecule has 0 unspecified atom stereocenters. The van der Waals surface area contributed by atoms with Crippen LogP contribution in [-0.2, 0) is 10.2 Å². The first-order valence-corrected chi connectivity index (χ1v) is 6.04. The van der Waals surface area contributed by atoms with E-state index in [0.29, 0.717) is 0 Å². The lowest BCUT2D eigenvalue weighted by Gasteiger charge is -2.47. The number of hydrogen-bond acceptors (Lipinski definition) is 3. The summed E-state index contributed by atoms with van der Waals surface area (Å²) in [5.74, 6) is 0. The van der Waals surface area contributed by atoms with E-state index in [1.54, 1.807) is 6.33 Å². The van der Waals surface area contributed by atoms with Crippen molar-refractivity contribution in [3.63, 3.8) is 0 Å². The van der Waals surface area contributed by atoms with Gasteiger partial charge in [0, 0.05) is 5.54 Å². The molecular weight excluding hydrogens is 214 g/mol. The van der Waals surface area contributed by atoms with Crippen LogP contribution in [0.3, 0.4) is 0 Å². The molecule has 0 spiro atoms. The van der Waals surface area contributed by atoms with Crippen molar-refractivity contribution in [1.29, 1.82) is 0 Å². The molecule has 2 fully saturated rings. The summed E-state index contributed by atoms with van der Waals surface area (Å²) in [6.45, 7) is 1.51. The van der Waals surface area contributed by atoms with Gasteiger partial charge in [-0.05, 0) is 30.5 Å². The van der Waals surface area contributed by atoms with Gasteiger partial charge in [-0.2, -0.15) is 0 Å². The smallest absolute Gasteiger partial charge is 0.0931 e. The average Bonchev–Trinajstić information content (AvgIpc) is 2.84. The van der Waals surface area contributed by atoms with Gasteiger partial charge in [-0.25, -0.2) is 4.98 Å². The topological polar surface area (TPSA) is 63.9 Å². The van der Waals surface area contributed by atoms with Crippen molar-refractivity contribution in [2.45, 2.75) is 23.8 Å². The number of aromatic amines is 1. The fourth-order valence-corrected chi connectivity index (χ4v) is 2.89. The van der Waals surface area contributed by atoms with Gasteiger partial charge in [0.2, 0.25) is 0 Å². The Labute approximate surface area is 99.2 Å². The number of fused-ring (bicyclic) bond motifs is 1. The lowest BCUT2D eigenvalue weighted by molar-refractivity contribution is -0.0785. The molecule has 4 rings (SSSR count). The SMILES string of the molecule is NC1(C2(c3ccc4nc[nH]c4c3)COC2)CC1. The summed E-state index contributed by atoms with van der Waals surface area (Å²) in [6, 6.07) is 6.39. The van der Waals surface area contributed by atoms with Crippen LogP contribution in [0.2, 0.25) is 0 Å². The summed E-state index contributed by atoms with van der Waals surface area (Å²) in [5.41, 5.74) is 9.80. The van der Waals surface area contributed by atoms with Gasteiger partial charge >= 0.3 is 0 Å². The molecule has 2 heterocycles. The summed E-state index contributed by atoms with van der Waals surface area (Å²) in [6.07, 6.45) is 3.95. The van der Waals surface area contributed by atoms with Gasteiger partial charge in [0.1, 0.15) is 0 Å². The van der Waals surface area contributed by atoms with Crippen LogP contribution in [0.1, 0.15) is 18.4 Å². The third-order valence-electron chi connectivity index (χ3n) is 4.41. The van der Waals surface area contributed by atoms with Gasteiger partial charge in [0.25, 0.3) is 0 Å². The molecule has 0 atom stereocenters. The van der Waals surface area contributed by atoms with Crippen LogP contribution in [0, 0.1) is 0 Å². The highest BCUT2D eigenvalue weighted by molar-refractivity contribution is 5.75. The van der Waals surface area contributed by atoms with E-state index >= 15 is 0 Å². The number of H-pyrrole nitrogens is 1. The van der Waals surface area contributed by atoms with Crippen LogP contribution >= 0.6 is 0 Å². The fourth-order valence-electron chi connectivity index (χ4n) is 2.89. The highest BCUT2D eigenvalue weighted by atomic mass is 16.5. The normalized spacial score (nSPS) is 24.5. The Bertz CT molecular complexity index is 581. The van der Waals surface area contributed by atoms with Crippen LogP contribution in [0.25, 0.3) is 11.0 Å². The lowest BCUT2D eigenvalue weighted by Crippen LogP contribution is -2.60. The number of benzene rings is 1. The molecule has 17 heavy (non-hydrogen) atoms. The van der Waals surface area contributed by atoms with Gasteiger partial charge < -0.3 is 15.5 Å². The van der Waals surface area contributed by atoms with E-state index in [2.05, 4.69) is 28.2 Å². The van der Waals surface area contributed by atoms with Gasteiger partial charge in [0.15, 0.2) is 0 Å². The Balaban J connectivity index is 1.86. The van der Waals surface area contributed by atoms with E-state index in [9.17, 15) is 0 Å². The Morgan fingerprint density at radius 3 is 2.76 bits per heavy atom. The zero-order valence-electron chi connectivity index (χ0n) is 9.57. The number of imidazole rings is 1. The fraction of sp³-hybridized carbons (Fsp3) is 0.462. The zero-order valence-corrected chi connectivity index (χ0v) is 9.57. The Hall–Kier alpha value is -1.39. The molecule has 1 aliphatic heterocycles. The number of nitrogens with two attached hydrogens (primary N) is 1. The first-order chi connectivity index (χ1) is 8.24. The summed E-state index contributed by atoms with van der Waals surface area (Å²) >= 11 is 0. The molecule has 1 aliphatic carbocycles. The van der Waals surface area contributed by atoms with Crippen molar-refractivity contribution in [2.75, 3.05) is 13.2 Å². The quantitative estimate of drug-likeness (QED) is 0.816. The van der Waals surface area contributed by atoms with Crippen molar-refractivity contribution < 1.29 is 4.74 Å². The number of nitrogens with one attached hydrogen (secondary N) is 1. The minimum atomic E-state index is -0.0427. The van der Waals surface area contributed by atoms with E-state index in [0.717, 1.165) is 37.1 Å². The van der Waals surface area contributed by atoms with Gasteiger partial charge in [-0.3, -0.25) is 0 Å². The van der Waals surface area contributed by atoms with Crippen molar-refractivity contribution >= 4 is 11.0 Å². The Morgan fingerprint density at radius 2 is 2.12 bits per heavy atom. The molecule has 1 aromatic carbocycles. The second-order valence-corrected chi connectivity index (χ2v) is 5.37. The van der Waals surface area contributed by atoms with E-state index < -0.39 is 0 Å². The molecule has 0 amide bonds. The minimum Gasteiger partial charge on any atom is -0.379 e. The first kappa shape index (κ1) is 9.62. The van der Waals surface area contributed by atoms with Crippen molar-refractivity contribution in [3.05, 3.63) is 30.1 Å². The number of rotatable bonds is 2. The van der Waals surface area contributed by atoms with Crippen LogP contribution < -0.4 is 5.73 Å². The predicted molar refractivity (Wildman–Crippen MR) is 64.7 cm³/mol. The van der Waals surface area contributed by atoms with E-state index in [1.165, 1.54) is 5.56 Å². The highest BCUT2D eigenvalue weighted by Gasteiger charge is 2.61. The standard InChI is InChI=1S/C13H15N3O/c14-13(3-4-13)12(6-17-7-12)9-1-2-10-11(5-9)16-8-15-10/h1-2,5,8H,3-4,6-7,14H2,(H,15,16). The molecule has 1 aromatic heterocycles. The van der Waals surface area contributed by atoms with E-state index in [4.69, 9.17) is 10.5 Å². The molecular formula is C13H15N3O. The molecule has 2 aromatic rings. The summed E-state index contributed by atoms with van der Waals surface area (Å²) in [4.78, 5) is 7.40. The molecule has 1 saturated heterocycles. The van der Waals surface area contributed by atoms with Crippen molar-refractivity contribution in [1.82, 2.24) is 9.97 Å². The number of aromatic nitrogens is 2. The number of ether oxygens (including phenoxy) is 1. The van der Waals surface area contributed by atoms with Crippen LogP contribution in [0.5, 0.6) is 0 Å². The van der Waals surface area contributed by atoms with Gasteiger partial charge in [-0.1, -0.05) is 6.07 Å². The second kappa shape index (κ2) is 2.89. The van der Waals surface area contributed by atoms with E-state index in [-0.39, 0.29) is 11.0 Å². The van der Waals surface area contributed by atoms with Gasteiger partial charge in [0.05, 0.1) is 36.0 Å². The van der Waals surface area contributed by atoms with Crippen LogP contribution in [-0.4, -0.2) is 28.7 Å². The molecule has 4 nitrogen and oxygen atoms in total. The first-order valence-electron chi connectivity index (χ1n) is 6.04. The second-order valence-electron chi connectivity index (χ2n) is 5.37. The molecule has 4 heteroatoms. The third kappa shape index (κ3) is 1.12. The maximum atomic E-state index is 6.43. The molecule has 0 radical (unpaired) electrons. The largest absolute Gasteiger partial charge is 0.379 e. The maximum Gasteiger partial charge on any atom is 0.0931 e. The van der Waals surface area contributed by atoms with Crippen molar-refractivity contribution in [2.24, 2.45) is 5.73 Å². The summed E-state index contributed by atoms with van der Waals surface area (Å²) in [5, 5.41) is 0. The monoisotopic (exact) mass is 229 g/mol. The molecule has 1 saturated carbocycles. The highest BCUT2D eigenvalue weighted by Crippen LogP contribution is 2.53. The Morgan fingerprint density at radius 1 is 1.29 bits per heavy atom. The zero-order chi connectivity index (χ0) is 11.5. The lowest BCUT2D eigenvalue weighted by atomic mass is 9.70. The minimum absolute atomic E-state index is 0.0340. The van der Waals surface area contributed by atoms with Crippen LogP contribution in [0.15, 0.2) is 24.5 Å². The van der Waals surface area contributed by atoms with Crippen LogP contribution in [0.4, 0.5) is 0 Å². The summed E-state index contributed by atoms with van der Waals surface area (Å²) in [7, 11) is 0. The molecule has 0 bridgehead atoms. The molecule has 88 valence electrons. The molecule has 2 aliphatic rings. The average molecular weight is 229 g/mol. The predicted octanol–water partition coefficient (Wildman–Crippen LogP) is 1.32. The van der Waals surface area contributed by atoms with Gasteiger partial charge in [-0.15, -0.1) is 0 Å². The van der Waals surface area contributed by atoms with E-state index in [1.807, 2.05) is 0 Å². The number of nitrogens with zero attached hydrogens (tertiary/aromatic N) is 1. The van der Waals surface area contributed by atoms with Crippen molar-refractivity contribution in [3.8, 4) is 0 Å². The summed E-state index contributed by atoms with van der Waals surface area (Å²) < 4.78 is 5.45.